The van der Waals surface area contributed by atoms with Gasteiger partial charge in [-0.1, -0.05) is 0 Å². The largest absolute Gasteiger partial charge is 0.303 e. The molecule has 52 valence electrons. The Morgan fingerprint density at radius 3 is 2.89 bits per heavy atom. The molecule has 0 amide bonds. The molecule has 0 fully saturated rings. The molecule has 9 heavy (non-hydrogen) atoms. The van der Waals surface area contributed by atoms with Crippen LogP contribution in [-0.4, -0.2) is 19.0 Å². The van der Waals surface area contributed by atoms with E-state index in [0.29, 0.717) is 12.5 Å². The fourth-order valence-electron chi connectivity index (χ4n) is 0.588. The van der Waals surface area contributed by atoms with Gasteiger partial charge in [0.25, 0.3) is 0 Å². The molecule has 0 saturated carbocycles. The van der Waals surface area contributed by atoms with Crippen molar-refractivity contribution in [1.82, 2.24) is 0 Å². The molecule has 0 aliphatic rings. The molecule has 0 N–H and O–H groups in total. The van der Waals surface area contributed by atoms with Crippen molar-refractivity contribution in [3.63, 3.8) is 0 Å². The Balaban J connectivity index is 3.05. The third-order valence-corrected chi connectivity index (χ3v) is 1.26. The van der Waals surface area contributed by atoms with Gasteiger partial charge in [0.15, 0.2) is 0 Å². The van der Waals surface area contributed by atoms with Crippen LogP contribution in [0.25, 0.3) is 0 Å². The Morgan fingerprint density at radius 1 is 1.78 bits per heavy atom. The van der Waals surface area contributed by atoms with Crippen molar-refractivity contribution in [3.05, 3.63) is 0 Å². The number of hydrogen-bond acceptors (Lipinski definition) is 2. The highest BCUT2D eigenvalue weighted by Gasteiger charge is 1.94. The number of carbonyl (C=O) groups excluding carboxylic acids is 1. The van der Waals surface area contributed by atoms with E-state index in [9.17, 15) is 4.79 Å². The first-order valence-electron chi connectivity index (χ1n) is 3.20. The number of aldehydes is 1. The third kappa shape index (κ3) is 5.21. The molecule has 0 aliphatic heterocycles. The lowest BCUT2D eigenvalue weighted by Crippen LogP contribution is -1.95. The molecule has 0 bridgehead atoms. The van der Waals surface area contributed by atoms with Crippen LogP contribution in [0.15, 0.2) is 4.99 Å². The zero-order chi connectivity index (χ0) is 7.11. The Labute approximate surface area is 56.0 Å². The van der Waals surface area contributed by atoms with Gasteiger partial charge in [-0.3, -0.25) is 4.99 Å². The summed E-state index contributed by atoms with van der Waals surface area (Å²) in [5, 5.41) is 0. The van der Waals surface area contributed by atoms with Gasteiger partial charge in [-0.2, -0.15) is 0 Å². The Morgan fingerprint density at radius 2 is 2.44 bits per heavy atom. The number of nitrogens with zero attached hydrogens (tertiary/aromatic N) is 1. The van der Waals surface area contributed by atoms with E-state index in [1.165, 1.54) is 0 Å². The van der Waals surface area contributed by atoms with Gasteiger partial charge in [-0.25, -0.2) is 0 Å². The van der Waals surface area contributed by atoms with E-state index in [2.05, 4.69) is 11.7 Å². The summed E-state index contributed by atoms with van der Waals surface area (Å²) in [6.45, 7) is 5.40. The average molecular weight is 127 g/mol. The Hall–Kier alpha value is -0.660. The van der Waals surface area contributed by atoms with Gasteiger partial charge in [-0.05, 0) is 26.5 Å². The minimum absolute atomic E-state index is 0.310. The molecule has 0 aromatic heterocycles. The second-order valence-electron chi connectivity index (χ2n) is 2.13. The van der Waals surface area contributed by atoms with Crippen molar-refractivity contribution in [2.75, 3.05) is 0 Å². The van der Waals surface area contributed by atoms with E-state index in [4.69, 9.17) is 0 Å². The lowest BCUT2D eigenvalue weighted by atomic mass is 10.1. The number of unbranched alkanes of at least 4 members (excludes halogenated alkanes) is 1. The average Bonchev–Trinajstić information content (AvgIpc) is 1.89. The molecule has 1 atom stereocenters. The third-order valence-electron chi connectivity index (χ3n) is 1.26. The van der Waals surface area contributed by atoms with Crippen molar-refractivity contribution in [3.8, 4) is 0 Å². The van der Waals surface area contributed by atoms with Gasteiger partial charge in [0.05, 0.1) is 0 Å². The van der Waals surface area contributed by atoms with Crippen LogP contribution in [0.1, 0.15) is 26.2 Å². The maximum Gasteiger partial charge on any atom is 0.119 e. The quantitative estimate of drug-likeness (QED) is 0.312. The van der Waals surface area contributed by atoms with Crippen molar-refractivity contribution < 1.29 is 4.79 Å². The summed E-state index contributed by atoms with van der Waals surface area (Å²) in [6, 6.07) is 0.310. The van der Waals surface area contributed by atoms with E-state index in [-0.39, 0.29) is 0 Å². The fourth-order valence-corrected chi connectivity index (χ4v) is 0.588. The second kappa shape index (κ2) is 5.48. The predicted molar refractivity (Wildman–Crippen MR) is 38.9 cm³/mol. The highest BCUT2D eigenvalue weighted by atomic mass is 16.1. The topological polar surface area (TPSA) is 29.4 Å². The standard InChI is InChI=1S/C7H13NO/c1-7(8-2)5-3-4-6-9/h6-7H,2-5H2,1H3/t7-/m1/s1. The van der Waals surface area contributed by atoms with Gasteiger partial charge in [0.1, 0.15) is 6.29 Å². The lowest BCUT2D eigenvalue weighted by molar-refractivity contribution is -0.107. The molecule has 0 rings (SSSR count). The van der Waals surface area contributed by atoms with Crippen molar-refractivity contribution in [2.24, 2.45) is 4.99 Å². The summed E-state index contributed by atoms with van der Waals surface area (Å²) in [5.41, 5.74) is 0. The smallest absolute Gasteiger partial charge is 0.119 e. The van der Waals surface area contributed by atoms with Gasteiger partial charge in [0.2, 0.25) is 0 Å². The van der Waals surface area contributed by atoms with Crippen molar-refractivity contribution in [1.29, 1.82) is 0 Å². The molecule has 2 nitrogen and oxygen atoms in total. The van der Waals surface area contributed by atoms with Crippen LogP contribution in [-0.2, 0) is 4.79 Å². The first-order chi connectivity index (χ1) is 4.31. The summed E-state index contributed by atoms with van der Waals surface area (Å²) < 4.78 is 0. The predicted octanol–water partition coefficient (Wildman–Crippen LogP) is 1.44. The zero-order valence-corrected chi connectivity index (χ0v) is 5.84. The summed E-state index contributed by atoms with van der Waals surface area (Å²) in [6.07, 6.45) is 3.50. The molecule has 0 unspecified atom stereocenters. The minimum Gasteiger partial charge on any atom is -0.303 e. The van der Waals surface area contributed by atoms with E-state index < -0.39 is 0 Å². The monoisotopic (exact) mass is 127 g/mol. The summed E-state index contributed by atoms with van der Waals surface area (Å²) in [5.74, 6) is 0. The van der Waals surface area contributed by atoms with Gasteiger partial charge < -0.3 is 4.79 Å². The van der Waals surface area contributed by atoms with Gasteiger partial charge >= 0.3 is 0 Å². The maximum absolute atomic E-state index is 9.83. The van der Waals surface area contributed by atoms with Gasteiger partial charge in [0, 0.05) is 12.5 Å². The summed E-state index contributed by atoms with van der Waals surface area (Å²) in [7, 11) is 0. The van der Waals surface area contributed by atoms with Crippen molar-refractivity contribution >= 4 is 13.0 Å². The van der Waals surface area contributed by atoms with Crippen LogP contribution in [0.4, 0.5) is 0 Å². The molecular weight excluding hydrogens is 114 g/mol. The molecule has 0 aliphatic carbocycles. The number of aliphatic imine (C=N–C) groups is 1. The second-order valence-corrected chi connectivity index (χ2v) is 2.13. The number of carbonyl (C=O) groups is 1. The molecule has 0 spiro atoms. The van der Waals surface area contributed by atoms with Crippen LogP contribution in [0.2, 0.25) is 0 Å². The van der Waals surface area contributed by atoms with E-state index in [1.807, 2.05) is 6.92 Å². The summed E-state index contributed by atoms with van der Waals surface area (Å²) in [4.78, 5) is 13.6. The van der Waals surface area contributed by atoms with Crippen LogP contribution in [0.3, 0.4) is 0 Å². The molecule has 0 aromatic carbocycles. The first-order valence-corrected chi connectivity index (χ1v) is 3.20. The molecule has 0 saturated heterocycles. The molecular formula is C7H13NO. The highest BCUT2D eigenvalue weighted by Crippen LogP contribution is 2.00. The molecule has 2 heteroatoms. The zero-order valence-electron chi connectivity index (χ0n) is 5.84. The van der Waals surface area contributed by atoms with E-state index in [1.54, 1.807) is 0 Å². The highest BCUT2D eigenvalue weighted by molar-refractivity contribution is 5.48. The van der Waals surface area contributed by atoms with Crippen LogP contribution in [0, 0.1) is 0 Å². The van der Waals surface area contributed by atoms with Crippen LogP contribution in [0.5, 0.6) is 0 Å². The van der Waals surface area contributed by atoms with Gasteiger partial charge in [-0.15, -0.1) is 0 Å². The van der Waals surface area contributed by atoms with Crippen LogP contribution < -0.4 is 0 Å². The number of hydrogen-bond donors (Lipinski definition) is 0. The maximum atomic E-state index is 9.83. The normalized spacial score (nSPS) is 12.6. The van der Waals surface area contributed by atoms with Crippen molar-refractivity contribution in [2.45, 2.75) is 32.2 Å². The SMILES string of the molecule is C=N[C@H](C)CCCC=O. The Bertz CT molecular complexity index is 90.9. The van der Waals surface area contributed by atoms with Crippen LogP contribution >= 0.6 is 0 Å². The van der Waals surface area contributed by atoms with E-state index in [0.717, 1.165) is 19.1 Å². The molecule has 0 heterocycles. The lowest BCUT2D eigenvalue weighted by Gasteiger charge is -2.00. The fraction of sp³-hybridized carbons (Fsp3) is 0.714. The minimum atomic E-state index is 0.310. The van der Waals surface area contributed by atoms with E-state index >= 15 is 0 Å². The molecule has 0 aromatic rings. The number of rotatable bonds is 5. The summed E-state index contributed by atoms with van der Waals surface area (Å²) >= 11 is 0. The molecule has 0 radical (unpaired) electrons. The first kappa shape index (κ1) is 8.34. The Kier molecular flexibility index (Phi) is 5.07.